The first kappa shape index (κ1) is 19.3. The molecule has 0 aliphatic carbocycles. The Kier molecular flexibility index (Phi) is 4.95. The van der Waals surface area contributed by atoms with E-state index < -0.39 is 9.84 Å². The van der Waals surface area contributed by atoms with Gasteiger partial charge in [-0.2, -0.15) is 5.10 Å². The minimum absolute atomic E-state index is 0.0268. The predicted molar refractivity (Wildman–Crippen MR) is 106 cm³/mol. The number of piperidine rings is 1. The van der Waals surface area contributed by atoms with E-state index in [1.807, 2.05) is 4.90 Å². The van der Waals surface area contributed by atoms with Crippen LogP contribution in [0, 0.1) is 0 Å². The molecule has 1 aromatic carbocycles. The first-order valence-electron chi connectivity index (χ1n) is 9.24. The van der Waals surface area contributed by atoms with Gasteiger partial charge in [-0.25, -0.2) is 23.1 Å². The van der Waals surface area contributed by atoms with Gasteiger partial charge in [0.25, 0.3) is 0 Å². The summed E-state index contributed by atoms with van der Waals surface area (Å²) in [5.74, 6) is 0.534. The maximum Gasteiger partial charge on any atom is 0.228 e. The maximum absolute atomic E-state index is 11.7. The van der Waals surface area contributed by atoms with Crippen molar-refractivity contribution in [2.75, 3.05) is 19.3 Å². The molecule has 0 atom stereocenters. The molecule has 1 aliphatic rings. The number of rotatable bonds is 4. The third-order valence-electron chi connectivity index (χ3n) is 5.00. The molecule has 3 heterocycles. The van der Waals surface area contributed by atoms with Crippen LogP contribution in [0.25, 0.3) is 16.7 Å². The molecular formula is C19H21N5O4S. The van der Waals surface area contributed by atoms with Crippen LogP contribution in [0.15, 0.2) is 41.7 Å². The van der Waals surface area contributed by atoms with Gasteiger partial charge in [-0.15, -0.1) is 0 Å². The van der Waals surface area contributed by atoms with E-state index in [1.165, 1.54) is 12.6 Å². The van der Waals surface area contributed by atoms with Crippen LogP contribution in [0.2, 0.25) is 0 Å². The van der Waals surface area contributed by atoms with Crippen LogP contribution < -0.4 is 4.74 Å². The highest BCUT2D eigenvalue weighted by atomic mass is 32.2. The molecule has 2 aromatic heterocycles. The Morgan fingerprint density at radius 1 is 1.14 bits per heavy atom. The van der Waals surface area contributed by atoms with Gasteiger partial charge in [0.2, 0.25) is 11.8 Å². The van der Waals surface area contributed by atoms with Crippen LogP contribution in [0.4, 0.5) is 0 Å². The number of ether oxygens (including phenoxy) is 1. The van der Waals surface area contributed by atoms with Crippen molar-refractivity contribution < 1.29 is 17.9 Å². The summed E-state index contributed by atoms with van der Waals surface area (Å²) in [6.07, 6.45) is 5.69. The molecule has 1 saturated heterocycles. The number of amides is 1. The number of hydrogen-bond donors (Lipinski definition) is 0. The number of likely N-dealkylation sites (tertiary alicyclic amines) is 1. The molecule has 0 spiro atoms. The van der Waals surface area contributed by atoms with Gasteiger partial charge < -0.3 is 9.64 Å². The summed E-state index contributed by atoms with van der Waals surface area (Å²) >= 11 is 0. The van der Waals surface area contributed by atoms with Crippen LogP contribution >= 0.6 is 0 Å². The van der Waals surface area contributed by atoms with E-state index in [0.717, 1.165) is 12.8 Å². The molecule has 1 fully saturated rings. The zero-order valence-corrected chi connectivity index (χ0v) is 17.0. The van der Waals surface area contributed by atoms with Gasteiger partial charge in [0.1, 0.15) is 17.8 Å². The summed E-state index contributed by atoms with van der Waals surface area (Å²) in [5, 5.41) is 5.05. The summed E-state index contributed by atoms with van der Waals surface area (Å²) in [7, 11) is -3.26. The maximum atomic E-state index is 11.7. The summed E-state index contributed by atoms with van der Waals surface area (Å²) in [4.78, 5) is 22.1. The van der Waals surface area contributed by atoms with Crippen LogP contribution in [-0.2, 0) is 14.6 Å². The van der Waals surface area contributed by atoms with Crippen molar-refractivity contribution in [3.63, 3.8) is 0 Å². The van der Waals surface area contributed by atoms with Gasteiger partial charge in [0.15, 0.2) is 15.5 Å². The van der Waals surface area contributed by atoms with E-state index in [4.69, 9.17) is 4.74 Å². The van der Waals surface area contributed by atoms with Gasteiger partial charge in [-0.1, -0.05) is 0 Å². The molecule has 0 bridgehead atoms. The molecule has 152 valence electrons. The van der Waals surface area contributed by atoms with Gasteiger partial charge >= 0.3 is 0 Å². The molecule has 0 unspecified atom stereocenters. The Balaban J connectivity index is 1.58. The number of carbonyl (C=O) groups excluding carboxylic acids is 1. The summed E-state index contributed by atoms with van der Waals surface area (Å²) in [5.41, 5.74) is 1.26. The van der Waals surface area contributed by atoms with Crippen molar-refractivity contribution in [3.05, 3.63) is 36.8 Å². The van der Waals surface area contributed by atoms with Gasteiger partial charge in [0, 0.05) is 39.1 Å². The summed E-state index contributed by atoms with van der Waals surface area (Å²) < 4.78 is 31.0. The average molecular weight is 415 g/mol. The first-order valence-corrected chi connectivity index (χ1v) is 11.1. The van der Waals surface area contributed by atoms with E-state index >= 15 is 0 Å². The highest BCUT2D eigenvalue weighted by Gasteiger charge is 2.23. The van der Waals surface area contributed by atoms with Crippen LogP contribution in [0.5, 0.6) is 5.88 Å². The number of carbonyl (C=O) groups is 1. The van der Waals surface area contributed by atoms with Crippen molar-refractivity contribution in [3.8, 4) is 11.6 Å². The number of sulfone groups is 1. The Labute approximate surface area is 168 Å². The molecule has 0 N–H and O–H groups in total. The summed E-state index contributed by atoms with van der Waals surface area (Å²) in [6, 6.07) is 6.45. The van der Waals surface area contributed by atoms with E-state index in [1.54, 1.807) is 42.1 Å². The molecule has 10 heteroatoms. The predicted octanol–water partition coefficient (Wildman–Crippen LogP) is 1.61. The Morgan fingerprint density at radius 3 is 2.45 bits per heavy atom. The van der Waals surface area contributed by atoms with Crippen molar-refractivity contribution >= 4 is 26.8 Å². The van der Waals surface area contributed by atoms with Crippen molar-refractivity contribution in [1.82, 2.24) is 24.6 Å². The minimum atomic E-state index is -3.26. The third kappa shape index (κ3) is 3.93. The Hall–Kier alpha value is -3.01. The van der Waals surface area contributed by atoms with E-state index in [9.17, 15) is 13.2 Å². The number of benzene rings is 1. The Morgan fingerprint density at radius 2 is 1.83 bits per heavy atom. The third-order valence-corrected chi connectivity index (χ3v) is 6.13. The quantitative estimate of drug-likeness (QED) is 0.637. The first-order chi connectivity index (χ1) is 13.8. The zero-order chi connectivity index (χ0) is 20.6. The van der Waals surface area contributed by atoms with Crippen molar-refractivity contribution in [2.45, 2.75) is 30.8 Å². The highest BCUT2D eigenvalue weighted by molar-refractivity contribution is 7.90. The monoisotopic (exact) mass is 415 g/mol. The topological polar surface area (TPSA) is 107 Å². The second kappa shape index (κ2) is 7.43. The van der Waals surface area contributed by atoms with E-state index in [-0.39, 0.29) is 16.9 Å². The minimum Gasteiger partial charge on any atom is -0.474 e. The number of aromatic nitrogens is 4. The molecule has 0 radical (unpaired) electrons. The zero-order valence-electron chi connectivity index (χ0n) is 16.1. The smallest absolute Gasteiger partial charge is 0.228 e. The molecular weight excluding hydrogens is 394 g/mol. The highest BCUT2D eigenvalue weighted by Crippen LogP contribution is 2.26. The van der Waals surface area contributed by atoms with Crippen LogP contribution in [0.3, 0.4) is 0 Å². The molecule has 4 rings (SSSR count). The lowest BCUT2D eigenvalue weighted by molar-refractivity contribution is -0.130. The summed E-state index contributed by atoms with van der Waals surface area (Å²) in [6.45, 7) is 2.91. The number of fused-ring (bicyclic) bond motifs is 1. The van der Waals surface area contributed by atoms with E-state index in [2.05, 4.69) is 15.1 Å². The fraction of sp³-hybridized carbons (Fsp3) is 0.368. The van der Waals surface area contributed by atoms with Crippen molar-refractivity contribution in [1.29, 1.82) is 0 Å². The molecule has 3 aromatic rings. The number of hydrogen-bond acceptors (Lipinski definition) is 7. The average Bonchev–Trinajstić information content (AvgIpc) is 3.13. The van der Waals surface area contributed by atoms with Crippen molar-refractivity contribution in [2.24, 2.45) is 0 Å². The fourth-order valence-electron chi connectivity index (χ4n) is 3.39. The molecule has 1 aliphatic heterocycles. The standard InChI is InChI=1S/C19H21N5O4S/c1-13(25)23-9-7-15(8-10-23)28-19-17-11-22-24(18(17)20-12-21-19)14-3-5-16(6-4-14)29(2,26)27/h3-6,11-12,15H,7-10H2,1-2H3. The number of nitrogens with zero attached hydrogens (tertiary/aromatic N) is 5. The normalized spacial score (nSPS) is 15.6. The fourth-order valence-corrected chi connectivity index (χ4v) is 4.02. The Bertz CT molecular complexity index is 1150. The SMILES string of the molecule is CC(=O)N1CCC(Oc2ncnc3c2cnn3-c2ccc(S(C)(=O)=O)cc2)CC1. The molecule has 29 heavy (non-hydrogen) atoms. The lowest BCUT2D eigenvalue weighted by Gasteiger charge is -2.31. The van der Waals surface area contributed by atoms with E-state index in [0.29, 0.717) is 35.7 Å². The molecule has 1 amide bonds. The molecule has 9 nitrogen and oxygen atoms in total. The second-order valence-electron chi connectivity index (χ2n) is 7.06. The lowest BCUT2D eigenvalue weighted by atomic mass is 10.1. The van der Waals surface area contributed by atoms with Crippen LogP contribution in [-0.4, -0.2) is 64.4 Å². The molecule has 0 saturated carbocycles. The van der Waals surface area contributed by atoms with Gasteiger partial charge in [-0.3, -0.25) is 4.79 Å². The largest absolute Gasteiger partial charge is 0.474 e. The second-order valence-corrected chi connectivity index (χ2v) is 9.08. The lowest BCUT2D eigenvalue weighted by Crippen LogP contribution is -2.40. The van der Waals surface area contributed by atoms with Gasteiger partial charge in [0.05, 0.1) is 16.8 Å². The van der Waals surface area contributed by atoms with Crippen LogP contribution in [0.1, 0.15) is 19.8 Å². The van der Waals surface area contributed by atoms with Gasteiger partial charge in [-0.05, 0) is 24.3 Å².